The summed E-state index contributed by atoms with van der Waals surface area (Å²) >= 11 is 3.38. The third-order valence-corrected chi connectivity index (χ3v) is 3.41. The third-order valence-electron chi connectivity index (χ3n) is 2.56. The van der Waals surface area contributed by atoms with Crippen LogP contribution in [0.5, 0.6) is 0 Å². The maximum atomic E-state index is 11.5. The first-order valence-electron chi connectivity index (χ1n) is 4.65. The van der Waals surface area contributed by atoms with Crippen molar-refractivity contribution in [3.63, 3.8) is 0 Å². The Morgan fingerprint density at radius 3 is 2.50 bits per heavy atom. The van der Waals surface area contributed by atoms with Gasteiger partial charge in [-0.3, -0.25) is 4.79 Å². The molecule has 0 aromatic rings. The molecule has 3 heteroatoms. The van der Waals surface area contributed by atoms with Crippen molar-refractivity contribution in [3.05, 3.63) is 0 Å². The standard InChI is InChI=1S/C9H16BrNO/c1-3-7(4-2)11-6-5-8(10)9(11)12/h7-8H,3-6H2,1-2H3. The Bertz CT molecular complexity index is 168. The average Bonchev–Trinajstić information content (AvgIpc) is 2.38. The van der Waals surface area contributed by atoms with Crippen molar-refractivity contribution in [3.8, 4) is 0 Å². The Morgan fingerprint density at radius 1 is 1.58 bits per heavy atom. The van der Waals surface area contributed by atoms with Gasteiger partial charge in [0.05, 0.1) is 4.83 Å². The summed E-state index contributed by atoms with van der Waals surface area (Å²) < 4.78 is 0. The van der Waals surface area contributed by atoms with Gasteiger partial charge in [-0.2, -0.15) is 0 Å². The fourth-order valence-electron chi connectivity index (χ4n) is 1.76. The van der Waals surface area contributed by atoms with E-state index in [1.807, 2.05) is 4.90 Å². The molecule has 1 rings (SSSR count). The highest BCUT2D eigenvalue weighted by atomic mass is 79.9. The summed E-state index contributed by atoms with van der Waals surface area (Å²) in [6.07, 6.45) is 3.11. The van der Waals surface area contributed by atoms with E-state index in [9.17, 15) is 4.79 Å². The Kier molecular flexibility index (Phi) is 3.56. The SMILES string of the molecule is CCC(CC)N1CCC(Br)C1=O. The molecule has 1 unspecified atom stereocenters. The van der Waals surface area contributed by atoms with E-state index in [4.69, 9.17) is 0 Å². The van der Waals surface area contributed by atoms with Gasteiger partial charge in [-0.25, -0.2) is 0 Å². The molecule has 0 aromatic carbocycles. The van der Waals surface area contributed by atoms with Crippen LogP contribution in [0, 0.1) is 0 Å². The van der Waals surface area contributed by atoms with E-state index in [0.29, 0.717) is 6.04 Å². The van der Waals surface area contributed by atoms with Crippen LogP contribution in [0.2, 0.25) is 0 Å². The second-order valence-corrected chi connectivity index (χ2v) is 4.36. The van der Waals surface area contributed by atoms with E-state index < -0.39 is 0 Å². The zero-order valence-electron chi connectivity index (χ0n) is 7.72. The molecule has 12 heavy (non-hydrogen) atoms. The van der Waals surface area contributed by atoms with E-state index in [0.717, 1.165) is 25.8 Å². The molecule has 1 aliphatic rings. The molecule has 0 aromatic heterocycles. The Labute approximate surface area is 82.4 Å². The van der Waals surface area contributed by atoms with Crippen LogP contribution >= 0.6 is 15.9 Å². The summed E-state index contributed by atoms with van der Waals surface area (Å²) in [5, 5.41) is 0. The smallest absolute Gasteiger partial charge is 0.236 e. The lowest BCUT2D eigenvalue weighted by Gasteiger charge is -2.25. The Morgan fingerprint density at radius 2 is 2.17 bits per heavy atom. The van der Waals surface area contributed by atoms with Crippen molar-refractivity contribution in [2.24, 2.45) is 0 Å². The van der Waals surface area contributed by atoms with Gasteiger partial charge in [-0.1, -0.05) is 29.8 Å². The van der Waals surface area contributed by atoms with Crippen LogP contribution in [0.25, 0.3) is 0 Å². The van der Waals surface area contributed by atoms with Gasteiger partial charge in [0.2, 0.25) is 5.91 Å². The predicted molar refractivity (Wildman–Crippen MR) is 53.4 cm³/mol. The number of carbonyl (C=O) groups is 1. The maximum absolute atomic E-state index is 11.5. The van der Waals surface area contributed by atoms with Crippen LogP contribution in [0.3, 0.4) is 0 Å². The minimum Gasteiger partial charge on any atom is -0.339 e. The number of alkyl halides is 1. The molecular formula is C9H16BrNO. The second kappa shape index (κ2) is 4.26. The molecule has 1 saturated heterocycles. The summed E-state index contributed by atoms with van der Waals surface area (Å²) in [4.78, 5) is 13.6. The number of amides is 1. The van der Waals surface area contributed by atoms with Crippen molar-refractivity contribution in [1.82, 2.24) is 4.90 Å². The molecular weight excluding hydrogens is 218 g/mol. The van der Waals surface area contributed by atoms with Gasteiger partial charge in [-0.15, -0.1) is 0 Å². The predicted octanol–water partition coefficient (Wildman–Crippen LogP) is 2.17. The summed E-state index contributed by atoms with van der Waals surface area (Å²) in [5.41, 5.74) is 0. The van der Waals surface area contributed by atoms with Gasteiger partial charge < -0.3 is 4.90 Å². The van der Waals surface area contributed by atoms with Crippen molar-refractivity contribution >= 4 is 21.8 Å². The fourth-order valence-corrected chi connectivity index (χ4v) is 2.23. The normalized spacial score (nSPS) is 24.2. The fraction of sp³-hybridized carbons (Fsp3) is 0.889. The van der Waals surface area contributed by atoms with E-state index in [2.05, 4.69) is 29.8 Å². The number of nitrogens with zero attached hydrogens (tertiary/aromatic N) is 1. The van der Waals surface area contributed by atoms with Crippen molar-refractivity contribution in [2.75, 3.05) is 6.54 Å². The van der Waals surface area contributed by atoms with Gasteiger partial charge in [0.25, 0.3) is 0 Å². The quantitative estimate of drug-likeness (QED) is 0.685. The molecule has 70 valence electrons. The zero-order chi connectivity index (χ0) is 9.14. The molecule has 1 fully saturated rings. The van der Waals surface area contributed by atoms with Crippen LogP contribution in [0.4, 0.5) is 0 Å². The van der Waals surface area contributed by atoms with E-state index in [1.54, 1.807) is 0 Å². The van der Waals surface area contributed by atoms with Gasteiger partial charge >= 0.3 is 0 Å². The zero-order valence-corrected chi connectivity index (χ0v) is 9.30. The van der Waals surface area contributed by atoms with E-state index >= 15 is 0 Å². The number of halogens is 1. The number of likely N-dealkylation sites (tertiary alicyclic amines) is 1. The monoisotopic (exact) mass is 233 g/mol. The number of hydrogen-bond donors (Lipinski definition) is 0. The molecule has 0 aliphatic carbocycles. The van der Waals surface area contributed by atoms with Crippen molar-refractivity contribution in [2.45, 2.75) is 44.0 Å². The minimum atomic E-state index is 0.0816. The summed E-state index contributed by atoms with van der Waals surface area (Å²) in [6.45, 7) is 5.22. The first kappa shape index (κ1) is 10.0. The number of carbonyl (C=O) groups excluding carboxylic acids is 1. The topological polar surface area (TPSA) is 20.3 Å². The second-order valence-electron chi connectivity index (χ2n) is 3.26. The third kappa shape index (κ3) is 1.82. The summed E-state index contributed by atoms with van der Waals surface area (Å²) in [6, 6.07) is 0.458. The van der Waals surface area contributed by atoms with Crippen LogP contribution in [-0.4, -0.2) is 28.2 Å². The molecule has 1 aliphatic heterocycles. The number of rotatable bonds is 3. The largest absolute Gasteiger partial charge is 0.339 e. The lowest BCUT2D eigenvalue weighted by molar-refractivity contribution is -0.129. The molecule has 0 N–H and O–H groups in total. The van der Waals surface area contributed by atoms with Gasteiger partial charge in [0.15, 0.2) is 0 Å². The van der Waals surface area contributed by atoms with Gasteiger partial charge in [0.1, 0.15) is 0 Å². The first-order chi connectivity index (χ1) is 5.70. The first-order valence-corrected chi connectivity index (χ1v) is 5.56. The molecule has 1 heterocycles. The summed E-state index contributed by atoms with van der Waals surface area (Å²) in [5.74, 6) is 0.281. The van der Waals surface area contributed by atoms with Crippen molar-refractivity contribution < 1.29 is 4.79 Å². The maximum Gasteiger partial charge on any atom is 0.236 e. The molecule has 0 radical (unpaired) electrons. The lowest BCUT2D eigenvalue weighted by Crippen LogP contribution is -2.36. The highest BCUT2D eigenvalue weighted by Gasteiger charge is 2.32. The van der Waals surface area contributed by atoms with E-state index in [1.165, 1.54) is 0 Å². The van der Waals surface area contributed by atoms with Gasteiger partial charge in [0, 0.05) is 12.6 Å². The Hall–Kier alpha value is -0.0500. The van der Waals surface area contributed by atoms with Crippen molar-refractivity contribution in [1.29, 1.82) is 0 Å². The highest BCUT2D eigenvalue weighted by Crippen LogP contribution is 2.22. The molecule has 0 bridgehead atoms. The lowest BCUT2D eigenvalue weighted by atomic mass is 10.1. The van der Waals surface area contributed by atoms with E-state index in [-0.39, 0.29) is 10.7 Å². The minimum absolute atomic E-state index is 0.0816. The molecule has 1 atom stereocenters. The molecule has 2 nitrogen and oxygen atoms in total. The molecule has 0 spiro atoms. The van der Waals surface area contributed by atoms with Crippen LogP contribution in [0.15, 0.2) is 0 Å². The van der Waals surface area contributed by atoms with Crippen LogP contribution in [-0.2, 0) is 4.79 Å². The molecule has 1 amide bonds. The Balaban J connectivity index is 2.57. The molecule has 0 saturated carbocycles. The number of hydrogen-bond acceptors (Lipinski definition) is 1. The average molecular weight is 234 g/mol. The highest BCUT2D eigenvalue weighted by molar-refractivity contribution is 9.10. The summed E-state index contributed by atoms with van der Waals surface area (Å²) in [7, 11) is 0. The van der Waals surface area contributed by atoms with Gasteiger partial charge in [-0.05, 0) is 19.3 Å². The van der Waals surface area contributed by atoms with Crippen LogP contribution < -0.4 is 0 Å². The van der Waals surface area contributed by atoms with Crippen LogP contribution in [0.1, 0.15) is 33.1 Å².